The lowest BCUT2D eigenvalue weighted by atomic mass is 10.1. The Bertz CT molecular complexity index is 613. The van der Waals surface area contributed by atoms with Crippen molar-refractivity contribution < 1.29 is 19.1 Å². The van der Waals surface area contributed by atoms with Gasteiger partial charge in [0, 0.05) is 28.2 Å². The standard InChI is InChI=1S/C6H11NO2.C4H7N3O.C4H7NO2/c1-6(2)4-7(3)5(8)9-6;1-6-3-5-7(2)4(6)8;1-5-2-3-7-4(5)6/h4H2,1-3H3;3H,1-2H3;2-3H2,1H3. The van der Waals surface area contributed by atoms with E-state index in [0.717, 1.165) is 6.54 Å². The van der Waals surface area contributed by atoms with E-state index in [1.54, 1.807) is 38.0 Å². The molecule has 2 aliphatic rings. The molecule has 1 aromatic rings. The first-order valence-corrected chi connectivity index (χ1v) is 7.40. The molecule has 3 rings (SSSR count). The Kier molecular flexibility index (Phi) is 6.38. The van der Waals surface area contributed by atoms with Gasteiger partial charge in [0.2, 0.25) is 0 Å². The van der Waals surface area contributed by atoms with E-state index in [4.69, 9.17) is 4.74 Å². The van der Waals surface area contributed by atoms with Gasteiger partial charge in [-0.2, -0.15) is 5.10 Å². The molecule has 2 fully saturated rings. The number of amides is 2. The molecule has 10 nitrogen and oxygen atoms in total. The normalized spacial score (nSPS) is 18.2. The minimum Gasteiger partial charge on any atom is -0.448 e. The molecule has 0 radical (unpaired) electrons. The van der Waals surface area contributed by atoms with Crippen LogP contribution in [-0.2, 0) is 23.6 Å². The molecule has 0 aromatic carbocycles. The Labute approximate surface area is 140 Å². The fourth-order valence-electron chi connectivity index (χ4n) is 1.94. The van der Waals surface area contributed by atoms with E-state index in [1.165, 1.54) is 15.6 Å². The van der Waals surface area contributed by atoms with Crippen LogP contribution >= 0.6 is 0 Å². The van der Waals surface area contributed by atoms with Crippen LogP contribution in [0.5, 0.6) is 0 Å². The average Bonchev–Trinajstić information content (AvgIpc) is 3.07. The molecule has 0 atom stereocenters. The Balaban J connectivity index is 0.000000181. The molecule has 24 heavy (non-hydrogen) atoms. The van der Waals surface area contributed by atoms with E-state index in [9.17, 15) is 14.4 Å². The quantitative estimate of drug-likeness (QED) is 0.659. The van der Waals surface area contributed by atoms with Crippen LogP contribution in [0.3, 0.4) is 0 Å². The molecule has 136 valence electrons. The zero-order valence-electron chi connectivity index (χ0n) is 15.0. The number of rotatable bonds is 0. The van der Waals surface area contributed by atoms with Crippen LogP contribution in [0.15, 0.2) is 11.1 Å². The number of carbonyl (C=O) groups is 2. The van der Waals surface area contributed by atoms with Crippen molar-refractivity contribution in [2.24, 2.45) is 14.1 Å². The number of hydrogen-bond acceptors (Lipinski definition) is 6. The predicted octanol–water partition coefficient (Wildman–Crippen LogP) is 0.0342. The summed E-state index contributed by atoms with van der Waals surface area (Å²) in [6, 6.07) is 0. The zero-order chi connectivity index (χ0) is 18.5. The molecule has 3 heterocycles. The highest BCUT2D eigenvalue weighted by molar-refractivity contribution is 5.70. The van der Waals surface area contributed by atoms with Crippen LogP contribution < -0.4 is 5.69 Å². The third-order valence-corrected chi connectivity index (χ3v) is 3.23. The van der Waals surface area contributed by atoms with Gasteiger partial charge in [-0.25, -0.2) is 19.1 Å². The number of aryl methyl sites for hydroxylation is 2. The summed E-state index contributed by atoms with van der Waals surface area (Å²) in [4.78, 5) is 34.7. The van der Waals surface area contributed by atoms with E-state index < -0.39 is 0 Å². The van der Waals surface area contributed by atoms with Crippen molar-refractivity contribution in [1.29, 1.82) is 0 Å². The van der Waals surface area contributed by atoms with Gasteiger partial charge in [-0.05, 0) is 13.8 Å². The lowest BCUT2D eigenvalue weighted by molar-refractivity contribution is 0.0861. The fourth-order valence-corrected chi connectivity index (χ4v) is 1.94. The summed E-state index contributed by atoms with van der Waals surface area (Å²) in [6.45, 7) is 5.77. The maximum Gasteiger partial charge on any atom is 0.410 e. The highest BCUT2D eigenvalue weighted by atomic mass is 16.6. The maximum atomic E-state index is 10.7. The summed E-state index contributed by atoms with van der Waals surface area (Å²) in [7, 11) is 6.73. The Hall–Kier alpha value is -2.52. The van der Waals surface area contributed by atoms with Gasteiger partial charge in [-0.1, -0.05) is 0 Å². The smallest absolute Gasteiger partial charge is 0.410 e. The monoisotopic (exact) mass is 343 g/mol. The topological polar surface area (TPSA) is 98.9 Å². The van der Waals surface area contributed by atoms with Crippen LogP contribution in [0.25, 0.3) is 0 Å². The number of cyclic esters (lactones) is 2. The lowest BCUT2D eigenvalue weighted by Crippen LogP contribution is -2.25. The minimum atomic E-state index is -0.286. The fraction of sp³-hybridized carbons (Fsp3) is 0.714. The second-order valence-electron chi connectivity index (χ2n) is 6.17. The van der Waals surface area contributed by atoms with E-state index in [1.807, 2.05) is 13.8 Å². The SMILES string of the molecule is CN1CC(C)(C)OC1=O.CN1CCOC1=O.Cn1cnn(C)c1=O. The molecule has 0 saturated carbocycles. The van der Waals surface area contributed by atoms with Gasteiger partial charge in [-0.3, -0.25) is 4.57 Å². The Morgan fingerprint density at radius 1 is 1.04 bits per heavy atom. The van der Waals surface area contributed by atoms with E-state index >= 15 is 0 Å². The van der Waals surface area contributed by atoms with Crippen molar-refractivity contribution in [2.75, 3.05) is 33.8 Å². The molecule has 0 bridgehead atoms. The Morgan fingerprint density at radius 2 is 1.67 bits per heavy atom. The van der Waals surface area contributed by atoms with Gasteiger partial charge < -0.3 is 19.3 Å². The van der Waals surface area contributed by atoms with Gasteiger partial charge >= 0.3 is 17.9 Å². The van der Waals surface area contributed by atoms with Crippen LogP contribution in [0, 0.1) is 0 Å². The molecular weight excluding hydrogens is 318 g/mol. The van der Waals surface area contributed by atoms with Gasteiger partial charge in [0.1, 0.15) is 18.5 Å². The number of carbonyl (C=O) groups excluding carboxylic acids is 2. The first kappa shape index (κ1) is 19.5. The lowest BCUT2D eigenvalue weighted by Gasteiger charge is -2.12. The number of hydrogen-bond donors (Lipinski definition) is 0. The molecule has 0 unspecified atom stereocenters. The van der Waals surface area contributed by atoms with Crippen molar-refractivity contribution in [2.45, 2.75) is 19.4 Å². The third kappa shape index (κ3) is 5.60. The van der Waals surface area contributed by atoms with Gasteiger partial charge in [0.05, 0.1) is 13.1 Å². The molecular formula is C14H25N5O5. The molecule has 2 amide bonds. The Morgan fingerprint density at radius 3 is 1.79 bits per heavy atom. The van der Waals surface area contributed by atoms with Crippen LogP contribution in [0.2, 0.25) is 0 Å². The molecule has 0 N–H and O–H groups in total. The predicted molar refractivity (Wildman–Crippen MR) is 85.6 cm³/mol. The van der Waals surface area contributed by atoms with Crippen molar-refractivity contribution in [1.82, 2.24) is 24.1 Å². The molecule has 0 spiro atoms. The number of likely N-dealkylation sites (N-methyl/N-ethyl adjacent to an activating group) is 2. The third-order valence-electron chi connectivity index (χ3n) is 3.23. The number of nitrogens with zero attached hydrogens (tertiary/aromatic N) is 5. The maximum absolute atomic E-state index is 10.7. The average molecular weight is 343 g/mol. The van der Waals surface area contributed by atoms with Crippen LogP contribution in [0.1, 0.15) is 13.8 Å². The van der Waals surface area contributed by atoms with E-state index in [0.29, 0.717) is 13.2 Å². The first-order chi connectivity index (χ1) is 11.0. The van der Waals surface area contributed by atoms with Crippen LogP contribution in [0.4, 0.5) is 9.59 Å². The largest absolute Gasteiger partial charge is 0.448 e. The second kappa shape index (κ2) is 7.84. The summed E-state index contributed by atoms with van der Waals surface area (Å²) < 4.78 is 12.2. The minimum absolute atomic E-state index is 0.0926. The second-order valence-corrected chi connectivity index (χ2v) is 6.17. The van der Waals surface area contributed by atoms with Crippen molar-refractivity contribution in [3.05, 3.63) is 16.8 Å². The zero-order valence-corrected chi connectivity index (χ0v) is 15.0. The number of ether oxygens (including phenoxy) is 2. The highest BCUT2D eigenvalue weighted by Gasteiger charge is 2.34. The summed E-state index contributed by atoms with van der Waals surface area (Å²) in [5.74, 6) is 0. The van der Waals surface area contributed by atoms with Crippen molar-refractivity contribution in [3.8, 4) is 0 Å². The molecule has 1 aromatic heterocycles. The van der Waals surface area contributed by atoms with Crippen molar-refractivity contribution >= 4 is 12.2 Å². The molecule has 2 saturated heterocycles. The van der Waals surface area contributed by atoms with E-state index in [-0.39, 0.29) is 23.5 Å². The summed E-state index contributed by atoms with van der Waals surface area (Å²) in [6.07, 6.45) is 1.04. The van der Waals surface area contributed by atoms with Crippen molar-refractivity contribution in [3.63, 3.8) is 0 Å². The first-order valence-electron chi connectivity index (χ1n) is 7.40. The number of aromatic nitrogens is 3. The van der Waals surface area contributed by atoms with Gasteiger partial charge in [0.15, 0.2) is 0 Å². The molecule has 2 aliphatic heterocycles. The molecule has 0 aliphatic carbocycles. The summed E-state index contributed by atoms with van der Waals surface area (Å²) >= 11 is 0. The highest BCUT2D eigenvalue weighted by Crippen LogP contribution is 2.19. The van der Waals surface area contributed by atoms with Crippen LogP contribution in [-0.4, -0.2) is 75.7 Å². The molecule has 10 heteroatoms. The summed E-state index contributed by atoms with van der Waals surface area (Å²) in [5, 5.41) is 3.68. The van der Waals surface area contributed by atoms with E-state index in [2.05, 4.69) is 9.84 Å². The summed E-state index contributed by atoms with van der Waals surface area (Å²) in [5.41, 5.74) is -0.378. The van der Waals surface area contributed by atoms with Gasteiger partial charge in [0.25, 0.3) is 0 Å². The van der Waals surface area contributed by atoms with Gasteiger partial charge in [-0.15, -0.1) is 0 Å².